The van der Waals surface area contributed by atoms with Crippen molar-refractivity contribution in [1.29, 1.82) is 0 Å². The maximum Gasteiger partial charge on any atom is 0.147 e. The van der Waals surface area contributed by atoms with Crippen molar-refractivity contribution in [3.8, 4) is 10.7 Å². The van der Waals surface area contributed by atoms with E-state index >= 15 is 0 Å². The summed E-state index contributed by atoms with van der Waals surface area (Å²) in [4.78, 5) is 8.88. The third-order valence-corrected chi connectivity index (χ3v) is 4.00. The number of hydrogen-bond donors (Lipinski definition) is 2. The highest BCUT2D eigenvalue weighted by Gasteiger charge is 2.05. The van der Waals surface area contributed by atoms with Crippen molar-refractivity contribution >= 4 is 27.3 Å². The molecule has 0 amide bonds. The zero-order valence-corrected chi connectivity index (χ0v) is 12.4. The van der Waals surface area contributed by atoms with E-state index in [1.54, 1.807) is 11.3 Å². The highest BCUT2D eigenvalue weighted by Crippen LogP contribution is 2.27. The summed E-state index contributed by atoms with van der Waals surface area (Å²) in [6, 6.07) is 2.08. The quantitative estimate of drug-likeness (QED) is 0.884. The first-order chi connectivity index (χ1) is 8.15. The third-order valence-electron chi connectivity index (χ3n) is 2.30. The first kappa shape index (κ1) is 12.8. The Hall–Kier alpha value is -0.650. The minimum Gasteiger partial charge on any atom is -0.340 e. The second-order valence-electron chi connectivity index (χ2n) is 4.41. The zero-order chi connectivity index (χ0) is 12.3. The fourth-order valence-corrected chi connectivity index (χ4v) is 2.89. The van der Waals surface area contributed by atoms with Crippen LogP contribution in [0.25, 0.3) is 10.7 Å². The van der Waals surface area contributed by atoms with Gasteiger partial charge >= 0.3 is 0 Å². The van der Waals surface area contributed by atoms with Gasteiger partial charge in [0.2, 0.25) is 0 Å². The lowest BCUT2D eigenvalue weighted by molar-refractivity contribution is 0.549. The van der Waals surface area contributed by atoms with Crippen LogP contribution in [-0.4, -0.2) is 16.5 Å². The van der Waals surface area contributed by atoms with E-state index in [1.165, 1.54) is 0 Å². The van der Waals surface area contributed by atoms with Crippen molar-refractivity contribution in [2.45, 2.75) is 20.4 Å². The molecule has 0 aliphatic heterocycles. The Bertz CT molecular complexity index is 476. The molecule has 2 heterocycles. The zero-order valence-electron chi connectivity index (χ0n) is 9.96. The van der Waals surface area contributed by atoms with Crippen molar-refractivity contribution in [3.05, 3.63) is 27.8 Å². The van der Waals surface area contributed by atoms with Gasteiger partial charge in [0, 0.05) is 28.3 Å². The van der Waals surface area contributed by atoms with Gasteiger partial charge in [0.15, 0.2) is 0 Å². The van der Waals surface area contributed by atoms with E-state index in [2.05, 4.69) is 56.5 Å². The van der Waals surface area contributed by atoms with Gasteiger partial charge in [0.05, 0.1) is 4.88 Å². The fraction of sp³-hybridized carbons (Fsp3) is 0.417. The molecule has 0 aliphatic rings. The molecule has 92 valence electrons. The van der Waals surface area contributed by atoms with Crippen LogP contribution >= 0.6 is 27.3 Å². The molecular formula is C12H16BrN3S. The van der Waals surface area contributed by atoms with Crippen LogP contribution in [0.1, 0.15) is 19.5 Å². The van der Waals surface area contributed by atoms with Gasteiger partial charge in [-0.05, 0) is 34.5 Å². The summed E-state index contributed by atoms with van der Waals surface area (Å²) in [6.07, 6.45) is 1.90. The van der Waals surface area contributed by atoms with Crippen LogP contribution in [-0.2, 0) is 6.54 Å². The van der Waals surface area contributed by atoms with Gasteiger partial charge < -0.3 is 10.3 Å². The van der Waals surface area contributed by atoms with E-state index in [1.807, 2.05) is 6.20 Å². The molecule has 0 aromatic carbocycles. The normalized spacial score (nSPS) is 11.3. The van der Waals surface area contributed by atoms with Gasteiger partial charge in [0.25, 0.3) is 0 Å². The van der Waals surface area contributed by atoms with E-state index in [0.717, 1.165) is 34.0 Å². The summed E-state index contributed by atoms with van der Waals surface area (Å²) in [5, 5.41) is 5.46. The largest absolute Gasteiger partial charge is 0.340 e. The Balaban J connectivity index is 1.96. The number of aromatic nitrogens is 2. The maximum absolute atomic E-state index is 4.39. The molecule has 0 aliphatic carbocycles. The monoisotopic (exact) mass is 313 g/mol. The van der Waals surface area contributed by atoms with E-state index in [9.17, 15) is 0 Å². The van der Waals surface area contributed by atoms with Crippen molar-refractivity contribution in [2.75, 3.05) is 6.54 Å². The topological polar surface area (TPSA) is 40.7 Å². The molecule has 0 atom stereocenters. The Labute approximate surface area is 114 Å². The SMILES string of the molecule is CC(C)CNCc1cnc(-c2cc(Br)cs2)[nH]1. The van der Waals surface area contributed by atoms with Crippen LogP contribution in [0.15, 0.2) is 22.1 Å². The van der Waals surface area contributed by atoms with E-state index < -0.39 is 0 Å². The predicted molar refractivity (Wildman–Crippen MR) is 76.1 cm³/mol. The Kier molecular flexibility index (Phi) is 4.36. The molecule has 2 aromatic rings. The molecule has 0 fully saturated rings. The summed E-state index contributed by atoms with van der Waals surface area (Å²) in [5.74, 6) is 1.62. The summed E-state index contributed by atoms with van der Waals surface area (Å²) in [6.45, 7) is 6.28. The molecule has 5 heteroatoms. The number of halogens is 1. The summed E-state index contributed by atoms with van der Waals surface area (Å²) in [5.41, 5.74) is 1.13. The molecule has 0 saturated heterocycles. The lowest BCUT2D eigenvalue weighted by Gasteiger charge is -2.05. The smallest absolute Gasteiger partial charge is 0.147 e. The molecular weight excluding hydrogens is 298 g/mol. The third kappa shape index (κ3) is 3.66. The lowest BCUT2D eigenvalue weighted by atomic mass is 10.2. The van der Waals surface area contributed by atoms with E-state index in [4.69, 9.17) is 0 Å². The second kappa shape index (κ2) is 5.80. The number of nitrogens with zero attached hydrogens (tertiary/aromatic N) is 1. The highest BCUT2D eigenvalue weighted by molar-refractivity contribution is 9.10. The summed E-state index contributed by atoms with van der Waals surface area (Å²) in [7, 11) is 0. The van der Waals surface area contributed by atoms with Crippen molar-refractivity contribution in [2.24, 2.45) is 5.92 Å². The van der Waals surface area contributed by atoms with Crippen LogP contribution in [0.3, 0.4) is 0 Å². The molecule has 0 spiro atoms. The predicted octanol–water partition coefficient (Wildman–Crippen LogP) is 3.65. The minimum atomic E-state index is 0.672. The van der Waals surface area contributed by atoms with Crippen LogP contribution in [0, 0.1) is 5.92 Å². The molecule has 0 unspecified atom stereocenters. The maximum atomic E-state index is 4.39. The van der Waals surface area contributed by atoms with Gasteiger partial charge in [-0.2, -0.15) is 0 Å². The van der Waals surface area contributed by atoms with Crippen LogP contribution < -0.4 is 5.32 Å². The minimum absolute atomic E-state index is 0.672. The average Bonchev–Trinajstić information content (AvgIpc) is 2.86. The first-order valence-corrected chi connectivity index (χ1v) is 7.31. The number of thiophene rings is 1. The molecule has 2 N–H and O–H groups in total. The second-order valence-corrected chi connectivity index (χ2v) is 6.24. The number of aromatic amines is 1. The molecule has 2 aromatic heterocycles. The fourth-order valence-electron chi connectivity index (χ4n) is 1.51. The van der Waals surface area contributed by atoms with Crippen molar-refractivity contribution in [1.82, 2.24) is 15.3 Å². The number of rotatable bonds is 5. The van der Waals surface area contributed by atoms with E-state index in [-0.39, 0.29) is 0 Å². The Morgan fingerprint density at radius 1 is 1.53 bits per heavy atom. The lowest BCUT2D eigenvalue weighted by Crippen LogP contribution is -2.19. The molecule has 2 rings (SSSR count). The van der Waals surface area contributed by atoms with Gasteiger partial charge in [-0.15, -0.1) is 11.3 Å². The van der Waals surface area contributed by atoms with Gasteiger partial charge in [-0.25, -0.2) is 4.98 Å². The summed E-state index contributed by atoms with van der Waals surface area (Å²) < 4.78 is 1.10. The van der Waals surface area contributed by atoms with Gasteiger partial charge in [0.1, 0.15) is 5.82 Å². The highest BCUT2D eigenvalue weighted by atomic mass is 79.9. The van der Waals surface area contributed by atoms with Crippen LogP contribution in [0.5, 0.6) is 0 Å². The molecule has 0 saturated carbocycles. The van der Waals surface area contributed by atoms with Crippen molar-refractivity contribution in [3.63, 3.8) is 0 Å². The number of H-pyrrole nitrogens is 1. The van der Waals surface area contributed by atoms with E-state index in [0.29, 0.717) is 5.92 Å². The summed E-state index contributed by atoms with van der Waals surface area (Å²) >= 11 is 5.13. The standard InChI is InChI=1S/C12H16BrN3S/c1-8(2)4-14-5-10-6-15-12(16-10)11-3-9(13)7-17-11/h3,6-8,14H,4-5H2,1-2H3,(H,15,16). The van der Waals surface area contributed by atoms with Gasteiger partial charge in [-0.1, -0.05) is 13.8 Å². The molecule has 17 heavy (non-hydrogen) atoms. The molecule has 0 radical (unpaired) electrons. The van der Waals surface area contributed by atoms with Crippen LogP contribution in [0.2, 0.25) is 0 Å². The Morgan fingerprint density at radius 3 is 3.00 bits per heavy atom. The first-order valence-electron chi connectivity index (χ1n) is 5.64. The molecule has 3 nitrogen and oxygen atoms in total. The average molecular weight is 314 g/mol. The molecule has 0 bridgehead atoms. The number of imidazole rings is 1. The number of hydrogen-bond acceptors (Lipinski definition) is 3. The Morgan fingerprint density at radius 2 is 2.35 bits per heavy atom. The van der Waals surface area contributed by atoms with Gasteiger partial charge in [-0.3, -0.25) is 0 Å². The van der Waals surface area contributed by atoms with Crippen LogP contribution in [0.4, 0.5) is 0 Å². The van der Waals surface area contributed by atoms with Crippen molar-refractivity contribution < 1.29 is 0 Å². The number of nitrogens with one attached hydrogen (secondary N) is 2.